The Balaban J connectivity index is 0.882. The summed E-state index contributed by atoms with van der Waals surface area (Å²) >= 11 is 0. The maximum atomic E-state index is 12.0. The number of ether oxygens (including phenoxy) is 12. The van der Waals surface area contributed by atoms with Crippen molar-refractivity contribution in [3.63, 3.8) is 0 Å². The van der Waals surface area contributed by atoms with Gasteiger partial charge in [0.05, 0.1) is 33.0 Å². The van der Waals surface area contributed by atoms with E-state index in [-0.39, 0.29) is 17.9 Å². The van der Waals surface area contributed by atoms with Gasteiger partial charge in [0, 0.05) is 23.1 Å². The summed E-state index contributed by atoms with van der Waals surface area (Å²) in [6.07, 6.45) is -46.3. The minimum Gasteiger partial charge on any atom is -0.462 e. The summed E-state index contributed by atoms with van der Waals surface area (Å²) in [5, 5.41) is 155. The van der Waals surface area contributed by atoms with Gasteiger partial charge in [-0.25, -0.2) is 4.79 Å². The molecule has 75 heavy (non-hydrogen) atoms. The molecule has 1 aromatic heterocycles. The van der Waals surface area contributed by atoms with Crippen LogP contribution in [0.5, 0.6) is 5.75 Å². The molecule has 6 saturated heterocycles. The first-order chi connectivity index (χ1) is 35.9. The zero-order chi connectivity index (χ0) is 53.6. The minimum absolute atomic E-state index is 0.0116. The topological polar surface area (TPSA) is 424 Å². The molecule has 0 saturated carbocycles. The Morgan fingerprint density at radius 1 is 0.493 bits per heavy atom. The zero-order valence-electron chi connectivity index (χ0n) is 39.7. The molecule has 28 heteroatoms. The van der Waals surface area contributed by atoms with Gasteiger partial charge in [-0.1, -0.05) is 30.3 Å². The second-order valence-electron chi connectivity index (χ2n) is 19.0. The van der Waals surface area contributed by atoms with E-state index in [2.05, 4.69) is 0 Å². The van der Waals surface area contributed by atoms with Gasteiger partial charge in [-0.05, 0) is 24.6 Å². The third-order valence-electron chi connectivity index (χ3n) is 14.0. The van der Waals surface area contributed by atoms with E-state index in [1.54, 1.807) is 43.3 Å². The van der Waals surface area contributed by atoms with Gasteiger partial charge in [-0.3, -0.25) is 0 Å². The van der Waals surface area contributed by atoms with Crippen molar-refractivity contribution in [2.45, 2.75) is 167 Å². The van der Waals surface area contributed by atoms with Gasteiger partial charge in [0.15, 0.2) is 31.5 Å². The summed E-state index contributed by atoms with van der Waals surface area (Å²) in [7, 11) is 0. The lowest BCUT2D eigenvalue weighted by Crippen LogP contribution is -2.68. The second-order valence-corrected chi connectivity index (χ2v) is 19.0. The summed E-state index contributed by atoms with van der Waals surface area (Å²) in [6, 6.07) is 14.4. The monoisotopic (exact) mass is 1070 g/mol. The highest BCUT2D eigenvalue weighted by Crippen LogP contribution is 2.39. The molecule has 418 valence electrons. The average molecular weight is 1070 g/mol. The standard InChI is InChI=1S/C47H62O28/c1-16-9-26(52)65-20-10-18(7-8-19(16)20)64-44-33(59)38(27(53)21(11-48)66-44)73-46-35(61)40(29(55)23(13-50)68-46)75-47-36(62)41(30(56)24(14-51)69-47)74-45-34(60)39(28(54)22(12-49)67-45)72-43-32(58)31(57)37-25(70-43)15-63-42(71-37)17-5-3-2-4-6-17/h2-10,21-25,27-51,53-62H,11-15H2,1H3/t21-,22-,23-,24-,25-,27-,28-,29-,30-,31-,32-,33-,34-,35-,36-,37-,38+,39+,40+,41+,42?,43+,44-,45+,46+,47+/m1/s1. The molecule has 9 rings (SSSR count). The van der Waals surface area contributed by atoms with E-state index in [9.17, 15) is 76.3 Å². The summed E-state index contributed by atoms with van der Waals surface area (Å²) in [4.78, 5) is 12.0. The molecular weight excluding hydrogens is 1010 g/mol. The van der Waals surface area contributed by atoms with Crippen molar-refractivity contribution in [2.75, 3.05) is 33.0 Å². The number of hydrogen-bond acceptors (Lipinski definition) is 28. The fraction of sp³-hybridized carbons (Fsp3) is 0.681. The third-order valence-corrected chi connectivity index (χ3v) is 14.0. The quantitative estimate of drug-likeness (QED) is 0.0629. The molecule has 6 aliphatic rings. The Morgan fingerprint density at radius 2 is 0.933 bits per heavy atom. The van der Waals surface area contributed by atoms with E-state index >= 15 is 0 Å². The first kappa shape index (κ1) is 56.2. The number of aliphatic hydroxyl groups is 14. The van der Waals surface area contributed by atoms with Crippen LogP contribution in [0.4, 0.5) is 0 Å². The lowest BCUT2D eigenvalue weighted by Gasteiger charge is -2.50. The van der Waals surface area contributed by atoms with Crippen LogP contribution in [0.25, 0.3) is 11.0 Å². The summed E-state index contributed by atoms with van der Waals surface area (Å²) in [5.41, 5.74) is 0.721. The first-order valence-electron chi connectivity index (χ1n) is 24.1. The Kier molecular flexibility index (Phi) is 17.8. The van der Waals surface area contributed by atoms with Gasteiger partial charge < -0.3 is 133 Å². The van der Waals surface area contributed by atoms with Gasteiger partial charge in [0.1, 0.15) is 133 Å². The number of benzene rings is 2. The smallest absolute Gasteiger partial charge is 0.336 e. The van der Waals surface area contributed by atoms with Crippen molar-refractivity contribution >= 4 is 11.0 Å². The maximum absolute atomic E-state index is 12.0. The van der Waals surface area contributed by atoms with E-state index in [1.165, 1.54) is 18.2 Å². The average Bonchev–Trinajstić information content (AvgIpc) is 3.40. The van der Waals surface area contributed by atoms with Crippen LogP contribution >= 0.6 is 0 Å². The van der Waals surface area contributed by atoms with E-state index in [0.29, 0.717) is 16.5 Å². The Hall–Kier alpha value is -3.55. The van der Waals surface area contributed by atoms with Crippen molar-refractivity contribution in [3.8, 4) is 5.75 Å². The van der Waals surface area contributed by atoms with Crippen LogP contribution in [0.2, 0.25) is 0 Å². The number of rotatable bonds is 15. The van der Waals surface area contributed by atoms with Crippen LogP contribution in [-0.2, 0) is 52.1 Å². The molecule has 6 fully saturated rings. The van der Waals surface area contributed by atoms with E-state index in [0.717, 1.165) is 0 Å². The molecule has 0 radical (unpaired) electrons. The van der Waals surface area contributed by atoms with Crippen molar-refractivity contribution in [1.82, 2.24) is 0 Å². The number of fused-ring (bicyclic) bond motifs is 2. The van der Waals surface area contributed by atoms with Gasteiger partial charge >= 0.3 is 5.63 Å². The Morgan fingerprint density at radius 3 is 1.40 bits per heavy atom. The van der Waals surface area contributed by atoms with Crippen LogP contribution in [0, 0.1) is 6.92 Å². The highest BCUT2D eigenvalue weighted by atomic mass is 16.8. The van der Waals surface area contributed by atoms with Gasteiger partial charge in [0.25, 0.3) is 0 Å². The molecule has 6 aliphatic heterocycles. The van der Waals surface area contributed by atoms with Gasteiger partial charge in [-0.15, -0.1) is 0 Å². The zero-order valence-corrected chi connectivity index (χ0v) is 39.7. The van der Waals surface area contributed by atoms with Crippen LogP contribution in [0.15, 0.2) is 63.8 Å². The fourth-order valence-corrected chi connectivity index (χ4v) is 9.89. The van der Waals surface area contributed by atoms with Crippen LogP contribution in [-0.4, -0.2) is 258 Å². The minimum atomic E-state index is -2.19. The second kappa shape index (κ2) is 23.8. The first-order valence-corrected chi connectivity index (χ1v) is 24.1. The molecule has 0 spiro atoms. The van der Waals surface area contributed by atoms with E-state index in [4.69, 9.17) is 61.3 Å². The molecule has 3 aromatic rings. The van der Waals surface area contributed by atoms with E-state index in [1.807, 2.05) is 0 Å². The highest BCUT2D eigenvalue weighted by Gasteiger charge is 2.57. The molecule has 0 bridgehead atoms. The molecule has 0 aliphatic carbocycles. The van der Waals surface area contributed by atoms with Crippen molar-refractivity contribution in [2.24, 2.45) is 0 Å². The van der Waals surface area contributed by atoms with Crippen molar-refractivity contribution in [3.05, 3.63) is 76.1 Å². The predicted octanol–water partition coefficient (Wildman–Crippen LogP) is -6.66. The summed E-state index contributed by atoms with van der Waals surface area (Å²) in [6.45, 7) is -2.20. The largest absolute Gasteiger partial charge is 0.462 e. The molecule has 7 heterocycles. The normalized spacial score (nSPS) is 44.5. The maximum Gasteiger partial charge on any atom is 0.336 e. The predicted molar refractivity (Wildman–Crippen MR) is 239 cm³/mol. The molecule has 1 unspecified atom stereocenters. The molecule has 14 N–H and O–H groups in total. The number of aryl methyl sites for hydroxylation is 1. The number of aliphatic hydroxyl groups excluding tert-OH is 14. The summed E-state index contributed by atoms with van der Waals surface area (Å²) in [5.74, 6) is 0.0116. The van der Waals surface area contributed by atoms with Gasteiger partial charge in [-0.2, -0.15) is 0 Å². The van der Waals surface area contributed by atoms with Crippen molar-refractivity contribution < 1.29 is 133 Å². The molecule has 26 atom stereocenters. The highest BCUT2D eigenvalue weighted by molar-refractivity contribution is 5.81. The van der Waals surface area contributed by atoms with Crippen molar-refractivity contribution in [1.29, 1.82) is 0 Å². The van der Waals surface area contributed by atoms with E-state index < -0.39 is 192 Å². The van der Waals surface area contributed by atoms with Crippen LogP contribution < -0.4 is 10.4 Å². The lowest BCUT2D eigenvalue weighted by atomic mass is 9.95. The fourth-order valence-electron chi connectivity index (χ4n) is 9.89. The number of hydrogen-bond donors (Lipinski definition) is 14. The van der Waals surface area contributed by atoms with Crippen LogP contribution in [0.1, 0.15) is 17.4 Å². The van der Waals surface area contributed by atoms with Gasteiger partial charge in [0.2, 0.25) is 6.29 Å². The lowest BCUT2D eigenvalue weighted by molar-refractivity contribution is -0.400. The third kappa shape index (κ3) is 11.4. The molecule has 28 nitrogen and oxygen atoms in total. The molecule has 2 aromatic carbocycles. The SMILES string of the molecule is Cc1cc(=O)oc2cc(O[C@@H]3O[C@H](CO)[C@@H](O)[C@H](O[C@@H]4O[C@H](CO)[C@@H](O)[C@H](O[C@@H]5O[C@H](CO)[C@@H](O)[C@H](O[C@@H]6O[C@H](CO)[C@@H](O)[C@H](O[C@@H]7O[C@@H]8COC(c9ccccc9)O[C@H]8[C@H](O)[C@H]7O)[C@H]6O)[C@H]5O)[C@H]4O)[C@H]3O)ccc12. The molecule has 0 amide bonds. The Labute approximate surface area is 424 Å². The Bertz CT molecular complexity index is 2380. The summed E-state index contributed by atoms with van der Waals surface area (Å²) < 4.78 is 74.7. The molecular formula is C47H62O28. The van der Waals surface area contributed by atoms with Crippen LogP contribution in [0.3, 0.4) is 0 Å².